The largest absolute Gasteiger partial charge is 0.336 e. The van der Waals surface area contributed by atoms with Crippen LogP contribution in [0.25, 0.3) is 0 Å². The molecular formula is C19H26N4O2S. The molecule has 0 aliphatic rings. The molecule has 0 spiro atoms. The minimum absolute atomic E-state index is 0.0592. The van der Waals surface area contributed by atoms with Crippen LogP contribution in [0.4, 0.5) is 15.6 Å². The van der Waals surface area contributed by atoms with Crippen LogP contribution in [-0.4, -0.2) is 23.0 Å². The quantitative estimate of drug-likeness (QED) is 0.670. The number of amides is 3. The molecule has 0 bridgehead atoms. The first kappa shape index (κ1) is 19.9. The van der Waals surface area contributed by atoms with Crippen molar-refractivity contribution in [3.8, 4) is 0 Å². The number of benzene rings is 1. The van der Waals surface area contributed by atoms with Gasteiger partial charge in [-0.2, -0.15) is 0 Å². The summed E-state index contributed by atoms with van der Waals surface area (Å²) in [5, 5.41) is 8.98. The third-order valence-electron chi connectivity index (χ3n) is 3.63. The molecule has 26 heavy (non-hydrogen) atoms. The maximum absolute atomic E-state index is 12.4. The molecule has 0 saturated heterocycles. The van der Waals surface area contributed by atoms with Crippen molar-refractivity contribution in [1.29, 1.82) is 0 Å². The van der Waals surface area contributed by atoms with E-state index < -0.39 is 0 Å². The minimum atomic E-state index is -0.268. The first-order valence-electron chi connectivity index (χ1n) is 8.90. The molecule has 0 radical (unpaired) electrons. The Labute approximate surface area is 158 Å². The second kappa shape index (κ2) is 9.33. The summed E-state index contributed by atoms with van der Waals surface area (Å²) >= 11 is 1.53. The molecule has 1 aromatic heterocycles. The Hall–Kier alpha value is -2.41. The van der Waals surface area contributed by atoms with Gasteiger partial charge in [0.1, 0.15) is 0 Å². The van der Waals surface area contributed by atoms with Crippen LogP contribution in [0.1, 0.15) is 55.0 Å². The Balaban J connectivity index is 2.00. The number of hydrogen-bond donors (Lipinski definition) is 3. The maximum atomic E-state index is 12.4. The third kappa shape index (κ3) is 5.56. The fraction of sp³-hybridized carbons (Fsp3) is 0.421. The van der Waals surface area contributed by atoms with Crippen LogP contribution in [0, 0.1) is 0 Å². The first-order chi connectivity index (χ1) is 12.4. The number of aromatic nitrogens is 1. The highest BCUT2D eigenvalue weighted by atomic mass is 32.1. The zero-order valence-corrected chi connectivity index (χ0v) is 16.5. The maximum Gasteiger partial charge on any atom is 0.319 e. The van der Waals surface area contributed by atoms with Crippen molar-refractivity contribution in [2.24, 2.45) is 0 Å². The highest BCUT2D eigenvalue weighted by Crippen LogP contribution is 2.25. The zero-order valence-electron chi connectivity index (χ0n) is 15.7. The van der Waals surface area contributed by atoms with Gasteiger partial charge in [0.25, 0.3) is 5.91 Å². The van der Waals surface area contributed by atoms with Gasteiger partial charge < -0.3 is 10.6 Å². The van der Waals surface area contributed by atoms with Gasteiger partial charge in [-0.15, -0.1) is 11.3 Å². The lowest BCUT2D eigenvalue weighted by Crippen LogP contribution is -2.34. The summed E-state index contributed by atoms with van der Waals surface area (Å²) in [5.74, 6) is -0.206. The van der Waals surface area contributed by atoms with Gasteiger partial charge in [0.2, 0.25) is 0 Å². The predicted molar refractivity (Wildman–Crippen MR) is 107 cm³/mol. The molecule has 140 valence electrons. The van der Waals surface area contributed by atoms with E-state index in [4.69, 9.17) is 0 Å². The van der Waals surface area contributed by atoms with Crippen molar-refractivity contribution in [3.63, 3.8) is 0 Å². The Morgan fingerprint density at radius 1 is 1.12 bits per heavy atom. The van der Waals surface area contributed by atoms with Crippen LogP contribution in [0.2, 0.25) is 0 Å². The molecule has 0 saturated carbocycles. The minimum Gasteiger partial charge on any atom is -0.336 e. The predicted octanol–water partition coefficient (Wildman–Crippen LogP) is 4.44. The standard InChI is InChI=1S/C19H26N4O2S/c1-5-7-15-16(6-2)26-19(22-15)23-17(24)13-8-10-14(11-9-13)21-18(25)20-12(3)4/h8-12H,5-7H2,1-4H3,(H2,20,21,25)(H,22,23,24). The number of thiazole rings is 1. The second-order valence-corrected chi connectivity index (χ2v) is 7.36. The Kier molecular flexibility index (Phi) is 7.15. The lowest BCUT2D eigenvalue weighted by molar-refractivity contribution is 0.102. The summed E-state index contributed by atoms with van der Waals surface area (Å²) in [6, 6.07) is 6.57. The van der Waals surface area contributed by atoms with Crippen LogP contribution in [0.3, 0.4) is 0 Å². The van der Waals surface area contributed by atoms with E-state index in [0.717, 1.165) is 25.0 Å². The topological polar surface area (TPSA) is 83.1 Å². The van der Waals surface area contributed by atoms with Crippen molar-refractivity contribution in [2.75, 3.05) is 10.6 Å². The molecule has 1 heterocycles. The lowest BCUT2D eigenvalue weighted by atomic mass is 10.2. The Bertz CT molecular complexity index is 753. The Morgan fingerprint density at radius 2 is 1.81 bits per heavy atom. The molecule has 0 atom stereocenters. The van der Waals surface area contributed by atoms with Gasteiger partial charge >= 0.3 is 6.03 Å². The summed E-state index contributed by atoms with van der Waals surface area (Å²) in [6.07, 6.45) is 2.87. The van der Waals surface area contributed by atoms with E-state index in [0.29, 0.717) is 16.4 Å². The molecule has 3 amide bonds. The number of nitrogens with zero attached hydrogens (tertiary/aromatic N) is 1. The number of carbonyl (C=O) groups is 2. The number of hydrogen-bond acceptors (Lipinski definition) is 4. The smallest absolute Gasteiger partial charge is 0.319 e. The third-order valence-corrected chi connectivity index (χ3v) is 4.79. The van der Waals surface area contributed by atoms with Gasteiger partial charge in [0.05, 0.1) is 5.69 Å². The molecule has 7 heteroatoms. The molecule has 2 aromatic rings. The van der Waals surface area contributed by atoms with E-state index in [1.807, 2.05) is 13.8 Å². The molecule has 0 unspecified atom stereocenters. The zero-order chi connectivity index (χ0) is 19.1. The number of anilines is 2. The van der Waals surface area contributed by atoms with Gasteiger partial charge in [-0.1, -0.05) is 20.3 Å². The summed E-state index contributed by atoms with van der Waals surface area (Å²) in [6.45, 7) is 8.00. The average molecular weight is 375 g/mol. The summed E-state index contributed by atoms with van der Waals surface area (Å²) < 4.78 is 0. The van der Waals surface area contributed by atoms with Crippen LogP contribution in [-0.2, 0) is 12.8 Å². The van der Waals surface area contributed by atoms with Crippen molar-refractivity contribution in [1.82, 2.24) is 10.3 Å². The fourth-order valence-corrected chi connectivity index (χ4v) is 3.39. The monoisotopic (exact) mass is 374 g/mol. The molecule has 1 aromatic carbocycles. The average Bonchev–Trinajstić information content (AvgIpc) is 2.96. The SMILES string of the molecule is CCCc1nc(NC(=O)c2ccc(NC(=O)NC(C)C)cc2)sc1CC. The highest BCUT2D eigenvalue weighted by Gasteiger charge is 2.13. The van der Waals surface area contributed by atoms with Gasteiger partial charge in [-0.3, -0.25) is 10.1 Å². The van der Waals surface area contributed by atoms with E-state index >= 15 is 0 Å². The molecule has 0 aliphatic carbocycles. The number of rotatable bonds is 7. The van der Waals surface area contributed by atoms with E-state index in [1.54, 1.807) is 24.3 Å². The van der Waals surface area contributed by atoms with Crippen molar-refractivity contribution >= 4 is 34.1 Å². The number of nitrogens with one attached hydrogen (secondary N) is 3. The number of urea groups is 1. The van der Waals surface area contributed by atoms with Crippen LogP contribution in [0.15, 0.2) is 24.3 Å². The Morgan fingerprint density at radius 3 is 2.38 bits per heavy atom. The molecule has 2 rings (SSSR count). The summed E-state index contributed by atoms with van der Waals surface area (Å²) in [5.41, 5.74) is 2.23. The van der Waals surface area contributed by atoms with Crippen molar-refractivity contribution in [3.05, 3.63) is 40.4 Å². The fourth-order valence-electron chi connectivity index (χ4n) is 2.45. The van der Waals surface area contributed by atoms with Gasteiger partial charge in [-0.25, -0.2) is 9.78 Å². The van der Waals surface area contributed by atoms with E-state index in [-0.39, 0.29) is 18.0 Å². The molecule has 0 aliphatic heterocycles. The van der Waals surface area contributed by atoms with Crippen molar-refractivity contribution in [2.45, 2.75) is 53.0 Å². The van der Waals surface area contributed by atoms with Crippen molar-refractivity contribution < 1.29 is 9.59 Å². The molecule has 6 nitrogen and oxygen atoms in total. The lowest BCUT2D eigenvalue weighted by Gasteiger charge is -2.10. The second-order valence-electron chi connectivity index (χ2n) is 6.28. The highest BCUT2D eigenvalue weighted by molar-refractivity contribution is 7.15. The summed E-state index contributed by atoms with van der Waals surface area (Å²) in [7, 11) is 0. The summed E-state index contributed by atoms with van der Waals surface area (Å²) in [4.78, 5) is 29.9. The van der Waals surface area contributed by atoms with E-state index in [1.165, 1.54) is 16.2 Å². The van der Waals surface area contributed by atoms with Crippen LogP contribution in [0.5, 0.6) is 0 Å². The molecule has 3 N–H and O–H groups in total. The van der Waals surface area contributed by atoms with Crippen LogP contribution >= 0.6 is 11.3 Å². The van der Waals surface area contributed by atoms with Gasteiger partial charge in [0, 0.05) is 22.2 Å². The normalized spacial score (nSPS) is 10.7. The van der Waals surface area contributed by atoms with E-state index in [2.05, 4.69) is 34.8 Å². The van der Waals surface area contributed by atoms with Gasteiger partial charge in [0.15, 0.2) is 5.13 Å². The van der Waals surface area contributed by atoms with Gasteiger partial charge in [-0.05, 0) is 51.0 Å². The number of aryl methyl sites for hydroxylation is 2. The van der Waals surface area contributed by atoms with E-state index in [9.17, 15) is 9.59 Å². The number of carbonyl (C=O) groups excluding carboxylic acids is 2. The first-order valence-corrected chi connectivity index (χ1v) is 9.72. The molecule has 0 fully saturated rings. The molecular weight excluding hydrogens is 348 g/mol. The van der Waals surface area contributed by atoms with Crippen LogP contribution < -0.4 is 16.0 Å².